The molecule has 0 saturated carbocycles. The van der Waals surface area contributed by atoms with Gasteiger partial charge in [0.15, 0.2) is 0 Å². The monoisotopic (exact) mass is 301 g/mol. The molecule has 2 N–H and O–H groups in total. The second kappa shape index (κ2) is 8.25. The number of carboxylic acid groups (broad SMARTS) is 1. The molecular formula is C13H20BrNO2. The van der Waals surface area contributed by atoms with Crippen LogP contribution in [0.1, 0.15) is 37.4 Å². The molecule has 0 radical (unpaired) electrons. The number of aliphatic carboxylic acids is 1. The lowest BCUT2D eigenvalue weighted by Gasteiger charge is -2.15. The number of rotatable bonds is 4. The van der Waals surface area contributed by atoms with E-state index < -0.39 is 5.97 Å². The summed E-state index contributed by atoms with van der Waals surface area (Å²) >= 11 is 3.40. The molecule has 3 nitrogen and oxygen atoms in total. The Morgan fingerprint density at radius 2 is 2.00 bits per heavy atom. The lowest BCUT2D eigenvalue weighted by Crippen LogP contribution is -2.19. The van der Waals surface area contributed by atoms with Gasteiger partial charge in [-0.3, -0.25) is 4.79 Å². The van der Waals surface area contributed by atoms with Gasteiger partial charge in [-0.2, -0.15) is 0 Å². The topological polar surface area (TPSA) is 49.3 Å². The van der Waals surface area contributed by atoms with E-state index in [9.17, 15) is 4.79 Å². The first kappa shape index (κ1) is 16.1. The smallest absolute Gasteiger partial charge is 0.305 e. The van der Waals surface area contributed by atoms with Gasteiger partial charge in [0.25, 0.3) is 0 Å². The summed E-state index contributed by atoms with van der Waals surface area (Å²) in [7, 11) is 1.77. The van der Waals surface area contributed by atoms with Crippen molar-refractivity contribution in [2.45, 2.75) is 33.2 Å². The number of hydrogen-bond acceptors (Lipinski definition) is 2. The fraction of sp³-hybridized carbons (Fsp3) is 0.462. The van der Waals surface area contributed by atoms with Crippen molar-refractivity contribution in [2.24, 2.45) is 0 Å². The largest absolute Gasteiger partial charge is 0.481 e. The highest BCUT2D eigenvalue weighted by molar-refractivity contribution is 9.10. The molecule has 0 amide bonds. The van der Waals surface area contributed by atoms with Gasteiger partial charge in [-0.15, -0.1) is 0 Å². The number of carbonyl (C=O) groups is 1. The molecule has 1 aromatic carbocycles. The third kappa shape index (κ3) is 5.84. The summed E-state index contributed by atoms with van der Waals surface area (Å²) in [6, 6.07) is 5.79. The van der Waals surface area contributed by atoms with Crippen LogP contribution in [0.25, 0.3) is 0 Å². The molecule has 17 heavy (non-hydrogen) atoms. The fourth-order valence-electron chi connectivity index (χ4n) is 1.53. The van der Waals surface area contributed by atoms with Gasteiger partial charge in [-0.05, 0) is 37.2 Å². The maximum absolute atomic E-state index is 10.7. The lowest BCUT2D eigenvalue weighted by molar-refractivity contribution is -0.137. The molecule has 0 aliphatic rings. The van der Waals surface area contributed by atoms with E-state index in [1.165, 1.54) is 0 Å². The van der Waals surface area contributed by atoms with Crippen molar-refractivity contribution in [1.82, 2.24) is 5.32 Å². The second-order valence-corrected chi connectivity index (χ2v) is 4.42. The summed E-state index contributed by atoms with van der Waals surface area (Å²) in [6.45, 7) is 5.99. The Bertz CT molecular complexity index is 346. The zero-order valence-electron chi connectivity index (χ0n) is 10.7. The Hall–Kier alpha value is -0.870. The van der Waals surface area contributed by atoms with E-state index in [0.717, 1.165) is 15.6 Å². The van der Waals surface area contributed by atoms with Gasteiger partial charge in [-0.1, -0.05) is 35.8 Å². The summed E-state index contributed by atoms with van der Waals surface area (Å²) in [5.41, 5.74) is 2.11. The van der Waals surface area contributed by atoms with Crippen LogP contribution in [0.2, 0.25) is 0 Å². The third-order valence-corrected chi connectivity index (χ3v) is 2.65. The number of benzene rings is 1. The van der Waals surface area contributed by atoms with Crippen LogP contribution in [0.15, 0.2) is 22.7 Å². The van der Waals surface area contributed by atoms with E-state index in [1.54, 1.807) is 7.05 Å². The van der Waals surface area contributed by atoms with Gasteiger partial charge in [0.2, 0.25) is 0 Å². The van der Waals surface area contributed by atoms with Crippen LogP contribution in [-0.2, 0) is 4.79 Å². The fourth-order valence-corrected chi connectivity index (χ4v) is 2.15. The summed E-state index contributed by atoms with van der Waals surface area (Å²) < 4.78 is 0.975. The predicted molar refractivity (Wildman–Crippen MR) is 74.3 cm³/mol. The molecule has 0 aromatic heterocycles. The van der Waals surface area contributed by atoms with Crippen LogP contribution >= 0.6 is 15.9 Å². The first-order chi connectivity index (χ1) is 8.02. The first-order valence-electron chi connectivity index (χ1n) is 5.69. The van der Waals surface area contributed by atoms with Crippen molar-refractivity contribution < 1.29 is 9.90 Å². The molecule has 1 atom stereocenters. The third-order valence-electron chi connectivity index (χ3n) is 2.19. The van der Waals surface area contributed by atoms with E-state index in [4.69, 9.17) is 5.11 Å². The van der Waals surface area contributed by atoms with Crippen LogP contribution in [-0.4, -0.2) is 18.1 Å². The van der Waals surface area contributed by atoms with E-state index in [2.05, 4.69) is 21.2 Å². The minimum absolute atomic E-state index is 0.0897. The molecular weight excluding hydrogens is 282 g/mol. The molecule has 0 fully saturated rings. The Kier molecular flexibility index (Phi) is 7.83. The van der Waals surface area contributed by atoms with E-state index in [1.807, 2.05) is 39.0 Å². The van der Waals surface area contributed by atoms with E-state index in [-0.39, 0.29) is 12.5 Å². The van der Waals surface area contributed by atoms with Crippen LogP contribution in [0.3, 0.4) is 0 Å². The van der Waals surface area contributed by atoms with E-state index in [0.29, 0.717) is 0 Å². The molecule has 0 bridgehead atoms. The molecule has 0 spiro atoms. The second-order valence-electron chi connectivity index (χ2n) is 3.50. The van der Waals surface area contributed by atoms with Gasteiger partial charge >= 0.3 is 5.97 Å². The highest BCUT2D eigenvalue weighted by atomic mass is 79.9. The molecule has 1 aromatic rings. The molecule has 1 unspecified atom stereocenters. The highest BCUT2D eigenvalue weighted by Gasteiger charge is 2.13. The number of nitrogens with one attached hydrogen (secondary N) is 1. The number of hydrogen-bond donors (Lipinski definition) is 2. The Labute approximate surface area is 111 Å². The number of halogens is 1. The van der Waals surface area contributed by atoms with Crippen LogP contribution < -0.4 is 5.32 Å². The molecule has 1 rings (SSSR count). The maximum atomic E-state index is 10.7. The predicted octanol–water partition coefficient (Wildman–Crippen LogP) is 3.52. The zero-order valence-corrected chi connectivity index (χ0v) is 12.3. The van der Waals surface area contributed by atoms with Crippen molar-refractivity contribution in [3.63, 3.8) is 0 Å². The molecule has 96 valence electrons. The van der Waals surface area contributed by atoms with Crippen LogP contribution in [0.4, 0.5) is 0 Å². The van der Waals surface area contributed by atoms with Crippen molar-refractivity contribution in [3.05, 3.63) is 33.8 Å². The minimum Gasteiger partial charge on any atom is -0.481 e. The van der Waals surface area contributed by atoms with Crippen molar-refractivity contribution in [2.75, 3.05) is 7.05 Å². The molecule has 0 heterocycles. The summed E-state index contributed by atoms with van der Waals surface area (Å²) in [6.07, 6.45) is 0.0897. The van der Waals surface area contributed by atoms with Crippen LogP contribution in [0, 0.1) is 6.92 Å². The van der Waals surface area contributed by atoms with Crippen molar-refractivity contribution in [1.29, 1.82) is 0 Å². The van der Waals surface area contributed by atoms with Gasteiger partial charge in [0.1, 0.15) is 0 Å². The first-order valence-corrected chi connectivity index (χ1v) is 6.48. The number of aryl methyl sites for hydroxylation is 1. The normalized spacial score (nSPS) is 11.4. The van der Waals surface area contributed by atoms with Gasteiger partial charge in [0.05, 0.1) is 6.42 Å². The van der Waals surface area contributed by atoms with Gasteiger partial charge < -0.3 is 10.4 Å². The standard InChI is InChI=1S/C11H14BrNO2.C2H6/c1-7-3-8(5-9(12)4-7)10(13-2)6-11(14)15;1-2/h3-5,10,13H,6H2,1-2H3,(H,14,15);1-2H3. The lowest BCUT2D eigenvalue weighted by atomic mass is 10.0. The zero-order chi connectivity index (χ0) is 13.4. The molecule has 0 saturated heterocycles. The van der Waals surface area contributed by atoms with E-state index >= 15 is 0 Å². The minimum atomic E-state index is -0.799. The molecule has 4 heteroatoms. The van der Waals surface area contributed by atoms with Crippen molar-refractivity contribution in [3.8, 4) is 0 Å². The molecule has 0 aliphatic carbocycles. The van der Waals surface area contributed by atoms with Crippen molar-refractivity contribution >= 4 is 21.9 Å². The maximum Gasteiger partial charge on any atom is 0.305 e. The highest BCUT2D eigenvalue weighted by Crippen LogP contribution is 2.22. The Morgan fingerprint density at radius 3 is 2.41 bits per heavy atom. The SMILES string of the molecule is CC.CNC(CC(=O)O)c1cc(C)cc(Br)c1. The summed E-state index contributed by atoms with van der Waals surface area (Å²) in [5.74, 6) is -0.799. The van der Waals surface area contributed by atoms with Gasteiger partial charge in [0, 0.05) is 10.5 Å². The number of carboxylic acids is 1. The quantitative estimate of drug-likeness (QED) is 0.894. The average molecular weight is 302 g/mol. The Balaban J connectivity index is 0.00000121. The average Bonchev–Trinajstić information content (AvgIpc) is 2.27. The van der Waals surface area contributed by atoms with Gasteiger partial charge in [-0.25, -0.2) is 0 Å². The van der Waals surface area contributed by atoms with Crippen LogP contribution in [0.5, 0.6) is 0 Å². The summed E-state index contributed by atoms with van der Waals surface area (Å²) in [4.78, 5) is 10.7. The summed E-state index contributed by atoms with van der Waals surface area (Å²) in [5, 5.41) is 11.8. The molecule has 0 aliphatic heterocycles. The Morgan fingerprint density at radius 1 is 1.41 bits per heavy atom.